The lowest BCUT2D eigenvalue weighted by Crippen LogP contribution is -2.21. The predicted molar refractivity (Wildman–Crippen MR) is 156 cm³/mol. The highest BCUT2D eigenvalue weighted by atomic mass is 32.2. The normalized spacial score (nSPS) is 11.8. The summed E-state index contributed by atoms with van der Waals surface area (Å²) in [5.74, 6) is 0.413. The molecule has 0 aliphatic rings. The molecule has 0 spiro atoms. The Morgan fingerprint density at radius 1 is 0.905 bits per heavy atom. The number of para-hydroxylation sites is 2. The summed E-state index contributed by atoms with van der Waals surface area (Å²) in [7, 11) is -4.90. The monoisotopic (exact) mass is 614 g/mol. The van der Waals surface area contributed by atoms with Gasteiger partial charge in [-0.3, -0.25) is 9.71 Å². The number of anilines is 1. The molecule has 0 aliphatic carbocycles. The maximum absolute atomic E-state index is 13.5. The molecule has 0 saturated heterocycles. The van der Waals surface area contributed by atoms with E-state index in [0.29, 0.717) is 17.0 Å². The molecule has 0 atom stereocenters. The summed E-state index contributed by atoms with van der Waals surface area (Å²) in [4.78, 5) is 17.2. The number of benzene rings is 1. The largest absolute Gasteiger partial charge is 0.493 e. The molecule has 222 valence electrons. The first-order valence-corrected chi connectivity index (χ1v) is 15.9. The minimum Gasteiger partial charge on any atom is -0.493 e. The first kappa shape index (κ1) is 30.6. The van der Waals surface area contributed by atoms with Gasteiger partial charge in [-0.2, -0.15) is 13.4 Å². The van der Waals surface area contributed by atoms with Gasteiger partial charge >= 0.3 is 0 Å². The van der Waals surface area contributed by atoms with E-state index < -0.39 is 20.0 Å². The fourth-order valence-corrected chi connectivity index (χ4v) is 5.01. The van der Waals surface area contributed by atoms with E-state index in [9.17, 15) is 16.8 Å². The van der Waals surface area contributed by atoms with E-state index in [1.807, 2.05) is 13.8 Å². The number of sulfonamides is 2. The molecule has 4 aromatic rings. The molecule has 1 aromatic carbocycles. The third kappa shape index (κ3) is 7.48. The van der Waals surface area contributed by atoms with Gasteiger partial charge in [-0.05, 0) is 41.8 Å². The lowest BCUT2D eigenvalue weighted by Gasteiger charge is -2.17. The number of nitrogens with one attached hydrogen (secondary N) is 2. The van der Waals surface area contributed by atoms with E-state index >= 15 is 0 Å². The van der Waals surface area contributed by atoms with Crippen molar-refractivity contribution in [1.29, 1.82) is 0 Å². The Morgan fingerprint density at radius 2 is 1.64 bits per heavy atom. The smallest absolute Gasteiger partial charge is 0.280 e. The lowest BCUT2D eigenvalue weighted by molar-refractivity contribution is 0.348. The number of nitrogens with zero attached hydrogens (tertiary/aromatic N) is 4. The summed E-state index contributed by atoms with van der Waals surface area (Å²) in [6.45, 7) is 3.87. The highest BCUT2D eigenvalue weighted by Crippen LogP contribution is 2.41. The lowest BCUT2D eigenvalue weighted by atomic mass is 10.1. The summed E-state index contributed by atoms with van der Waals surface area (Å²) in [6, 6.07) is 13.0. The molecule has 0 aliphatic heterocycles. The Balaban J connectivity index is 1.82. The molecule has 0 radical (unpaired) electrons. The number of pyridine rings is 2. The van der Waals surface area contributed by atoms with Crippen LogP contribution < -0.4 is 23.7 Å². The van der Waals surface area contributed by atoms with Crippen molar-refractivity contribution in [3.8, 4) is 34.5 Å². The maximum Gasteiger partial charge on any atom is 0.280 e. The van der Waals surface area contributed by atoms with Crippen LogP contribution >= 0.6 is 0 Å². The van der Waals surface area contributed by atoms with Gasteiger partial charge in [-0.25, -0.2) is 23.1 Å². The van der Waals surface area contributed by atoms with Gasteiger partial charge in [0.05, 0.1) is 32.7 Å². The Labute approximate surface area is 244 Å². The fourth-order valence-electron chi connectivity index (χ4n) is 3.66. The standard InChI is InChI=1S/C27H30N6O7S2/c1-17(2)19-10-11-23(29-15-19)42(36,37)33-26-24(40-22-9-7-6-8-21(22)38-3)27(39-4)32-25(31-26)18-12-13-28-20(14-18)16-30-41(5,34)35/h6-15,17,30H,16H2,1-5H3,(H,31,32,33). The van der Waals surface area contributed by atoms with Gasteiger partial charge in [0.1, 0.15) is 0 Å². The van der Waals surface area contributed by atoms with Gasteiger partial charge in [0.2, 0.25) is 15.8 Å². The van der Waals surface area contributed by atoms with Crippen LogP contribution in [0.25, 0.3) is 11.4 Å². The fraction of sp³-hybridized carbons (Fsp3) is 0.259. The van der Waals surface area contributed by atoms with Crippen molar-refractivity contribution in [2.45, 2.75) is 31.3 Å². The number of rotatable bonds is 12. The summed E-state index contributed by atoms with van der Waals surface area (Å²) in [6.07, 6.45) is 3.99. The van der Waals surface area contributed by atoms with Gasteiger partial charge in [0.25, 0.3) is 15.9 Å². The van der Waals surface area contributed by atoms with Crippen LogP contribution in [0.15, 0.2) is 66.0 Å². The van der Waals surface area contributed by atoms with Crippen molar-refractivity contribution in [2.75, 3.05) is 25.2 Å². The summed E-state index contributed by atoms with van der Waals surface area (Å²) in [5.41, 5.74) is 1.67. The van der Waals surface area contributed by atoms with Crippen LogP contribution in [0.4, 0.5) is 5.82 Å². The van der Waals surface area contributed by atoms with Gasteiger partial charge in [0.15, 0.2) is 28.2 Å². The number of aromatic nitrogens is 4. The van der Waals surface area contributed by atoms with E-state index in [1.165, 1.54) is 32.7 Å². The zero-order valence-electron chi connectivity index (χ0n) is 23.5. The number of hydrogen-bond acceptors (Lipinski definition) is 11. The second-order valence-corrected chi connectivity index (χ2v) is 12.8. The van der Waals surface area contributed by atoms with E-state index in [-0.39, 0.29) is 46.5 Å². The van der Waals surface area contributed by atoms with Crippen LogP contribution in [0.5, 0.6) is 23.1 Å². The Morgan fingerprint density at radius 3 is 2.26 bits per heavy atom. The van der Waals surface area contributed by atoms with E-state index in [0.717, 1.165) is 11.8 Å². The molecule has 3 heterocycles. The third-order valence-corrected chi connectivity index (χ3v) is 7.75. The third-order valence-electron chi connectivity index (χ3n) is 5.83. The first-order valence-electron chi connectivity index (χ1n) is 12.6. The Hall–Kier alpha value is -4.34. The topological polar surface area (TPSA) is 172 Å². The van der Waals surface area contributed by atoms with Crippen molar-refractivity contribution in [1.82, 2.24) is 24.7 Å². The van der Waals surface area contributed by atoms with Gasteiger partial charge < -0.3 is 14.2 Å². The van der Waals surface area contributed by atoms with Crippen molar-refractivity contribution < 1.29 is 31.0 Å². The summed E-state index contributed by atoms with van der Waals surface area (Å²) < 4.78 is 71.8. The zero-order valence-corrected chi connectivity index (χ0v) is 25.2. The quantitative estimate of drug-likeness (QED) is 0.238. The summed E-state index contributed by atoms with van der Waals surface area (Å²) in [5, 5.41) is -0.229. The molecule has 0 bridgehead atoms. The van der Waals surface area contributed by atoms with Gasteiger partial charge in [-0.1, -0.05) is 32.0 Å². The van der Waals surface area contributed by atoms with Crippen molar-refractivity contribution >= 4 is 25.9 Å². The molecule has 0 fully saturated rings. The second kappa shape index (κ2) is 12.7. The van der Waals surface area contributed by atoms with Crippen LogP contribution in [0.2, 0.25) is 0 Å². The van der Waals surface area contributed by atoms with Crippen molar-refractivity contribution in [3.05, 3.63) is 72.2 Å². The van der Waals surface area contributed by atoms with Crippen LogP contribution in [-0.4, -0.2) is 57.2 Å². The first-order chi connectivity index (χ1) is 19.9. The van der Waals surface area contributed by atoms with Crippen molar-refractivity contribution in [3.63, 3.8) is 0 Å². The van der Waals surface area contributed by atoms with Crippen LogP contribution in [0, 0.1) is 0 Å². The molecule has 2 N–H and O–H groups in total. The molecule has 0 saturated carbocycles. The molecule has 13 nitrogen and oxygen atoms in total. The maximum atomic E-state index is 13.5. The molecular weight excluding hydrogens is 584 g/mol. The molecule has 3 aromatic heterocycles. The van der Waals surface area contributed by atoms with Gasteiger partial charge in [-0.15, -0.1) is 0 Å². The molecule has 0 amide bonds. The second-order valence-electron chi connectivity index (χ2n) is 9.31. The highest BCUT2D eigenvalue weighted by molar-refractivity contribution is 7.92. The molecule has 15 heteroatoms. The minimum atomic E-state index is -4.25. The molecule has 0 unspecified atom stereocenters. The average molecular weight is 615 g/mol. The Kier molecular flexibility index (Phi) is 9.23. The SMILES string of the molecule is COc1ccccc1Oc1c(NS(=O)(=O)c2ccc(C(C)C)cn2)nc(-c2ccnc(CNS(C)(=O)=O)c2)nc1OC. The molecule has 4 rings (SSSR count). The Bertz CT molecular complexity index is 1780. The average Bonchev–Trinajstić information content (AvgIpc) is 2.96. The predicted octanol–water partition coefficient (Wildman–Crippen LogP) is 3.72. The molecular formula is C27H30N6O7S2. The van der Waals surface area contributed by atoms with Crippen LogP contribution in [0.3, 0.4) is 0 Å². The summed E-state index contributed by atoms with van der Waals surface area (Å²) >= 11 is 0. The number of hydrogen-bond donors (Lipinski definition) is 2. The van der Waals surface area contributed by atoms with Gasteiger partial charge in [0, 0.05) is 18.0 Å². The van der Waals surface area contributed by atoms with E-state index in [2.05, 4.69) is 29.4 Å². The van der Waals surface area contributed by atoms with E-state index in [4.69, 9.17) is 14.2 Å². The van der Waals surface area contributed by atoms with E-state index in [1.54, 1.807) is 42.5 Å². The van der Waals surface area contributed by atoms with Crippen LogP contribution in [-0.2, 0) is 26.6 Å². The van der Waals surface area contributed by atoms with Crippen molar-refractivity contribution in [2.24, 2.45) is 0 Å². The molecule has 42 heavy (non-hydrogen) atoms. The number of ether oxygens (including phenoxy) is 3. The highest BCUT2D eigenvalue weighted by Gasteiger charge is 2.26. The van der Waals surface area contributed by atoms with Crippen LogP contribution in [0.1, 0.15) is 31.0 Å². The number of methoxy groups -OCH3 is 2. The minimum absolute atomic E-state index is 0.0584. The zero-order chi connectivity index (χ0) is 30.5.